The number of nitrogens with one attached hydrogen (secondary N) is 2. The molecule has 35 heavy (non-hydrogen) atoms. The molecule has 0 saturated carbocycles. The normalized spacial score (nSPS) is 20.1. The van der Waals surface area contributed by atoms with Crippen molar-refractivity contribution in [1.29, 1.82) is 5.26 Å². The van der Waals surface area contributed by atoms with Gasteiger partial charge in [0.05, 0.1) is 17.2 Å². The lowest BCUT2D eigenvalue weighted by Crippen LogP contribution is -2.47. The predicted molar refractivity (Wildman–Crippen MR) is 128 cm³/mol. The molecule has 11 heteroatoms. The molecule has 0 saturated heterocycles. The van der Waals surface area contributed by atoms with Crippen LogP contribution in [-0.4, -0.2) is 65.8 Å². The molecule has 11 nitrogen and oxygen atoms in total. The Labute approximate surface area is 202 Å². The first kappa shape index (κ1) is 24.8. The molecule has 2 unspecified atom stereocenters. The van der Waals surface area contributed by atoms with Gasteiger partial charge in [-0.3, -0.25) is 9.59 Å². The Balaban J connectivity index is 1.57. The Hall–Kier alpha value is -4.85. The molecule has 2 atom stereocenters. The quantitative estimate of drug-likeness (QED) is 0.329. The van der Waals surface area contributed by atoms with E-state index in [1.165, 1.54) is 17.3 Å². The lowest BCUT2D eigenvalue weighted by molar-refractivity contribution is -0.119. The second-order valence-corrected chi connectivity index (χ2v) is 7.85. The van der Waals surface area contributed by atoms with Crippen molar-refractivity contribution in [1.82, 2.24) is 20.4 Å². The molecule has 5 N–H and O–H groups in total. The molecule has 2 amide bonds. The maximum atomic E-state index is 12.6. The summed E-state index contributed by atoms with van der Waals surface area (Å²) in [4.78, 5) is 43.1. The number of carboxylic acids is 1. The van der Waals surface area contributed by atoms with Gasteiger partial charge in [-0.15, -0.1) is 0 Å². The Morgan fingerprint density at radius 2 is 1.97 bits per heavy atom. The Morgan fingerprint density at radius 1 is 1.26 bits per heavy atom. The summed E-state index contributed by atoms with van der Waals surface area (Å²) in [6.45, 7) is 0.240. The maximum absolute atomic E-state index is 12.6. The molecular formula is C24H25N7O4. The second-order valence-electron chi connectivity index (χ2n) is 7.85. The van der Waals surface area contributed by atoms with E-state index in [1.807, 2.05) is 30.3 Å². The molecular weight excluding hydrogens is 450 g/mol. The van der Waals surface area contributed by atoms with Crippen molar-refractivity contribution in [3.8, 4) is 6.07 Å². The van der Waals surface area contributed by atoms with Gasteiger partial charge in [0.2, 0.25) is 0 Å². The van der Waals surface area contributed by atoms with E-state index in [4.69, 9.17) is 16.1 Å². The van der Waals surface area contributed by atoms with Crippen LogP contribution in [0.15, 0.2) is 76.7 Å². The molecule has 180 valence electrons. The maximum Gasteiger partial charge on any atom is 0.335 e. The van der Waals surface area contributed by atoms with Crippen LogP contribution in [0.2, 0.25) is 0 Å². The highest BCUT2D eigenvalue weighted by Crippen LogP contribution is 2.26. The van der Waals surface area contributed by atoms with Gasteiger partial charge in [-0.2, -0.15) is 5.26 Å². The lowest BCUT2D eigenvalue weighted by atomic mass is 10.00. The number of nitrogens with zero attached hydrogens (tertiary/aromatic N) is 4. The first-order valence-corrected chi connectivity index (χ1v) is 10.6. The Bertz CT molecular complexity index is 1210. The summed E-state index contributed by atoms with van der Waals surface area (Å²) >= 11 is 0. The van der Waals surface area contributed by atoms with Crippen molar-refractivity contribution in [2.45, 2.75) is 12.3 Å². The first-order chi connectivity index (χ1) is 16.7. The van der Waals surface area contributed by atoms with E-state index in [9.17, 15) is 14.4 Å². The van der Waals surface area contributed by atoms with Crippen molar-refractivity contribution < 1.29 is 19.5 Å². The third kappa shape index (κ3) is 5.94. The molecule has 0 fully saturated rings. The van der Waals surface area contributed by atoms with Crippen LogP contribution in [-0.2, 0) is 9.59 Å². The number of aromatic carboxylic acids is 1. The van der Waals surface area contributed by atoms with E-state index in [1.54, 1.807) is 37.4 Å². The minimum absolute atomic E-state index is 0.0374. The monoisotopic (exact) mass is 475 g/mol. The van der Waals surface area contributed by atoms with Crippen LogP contribution < -0.4 is 16.4 Å². The summed E-state index contributed by atoms with van der Waals surface area (Å²) in [6.07, 6.45) is 8.72. The lowest BCUT2D eigenvalue weighted by Gasteiger charge is -2.29. The fraction of sp³-hybridized carbons (Fsp3) is 0.208. The molecule has 2 heterocycles. The molecule has 0 aliphatic carbocycles. The zero-order valence-electron chi connectivity index (χ0n) is 19.2. The van der Waals surface area contributed by atoms with Crippen LogP contribution in [0.4, 0.5) is 0 Å². The Morgan fingerprint density at radius 3 is 2.57 bits per heavy atom. The fourth-order valence-electron chi connectivity index (χ4n) is 3.47. The molecule has 0 spiro atoms. The van der Waals surface area contributed by atoms with Crippen molar-refractivity contribution in [3.05, 3.63) is 82.9 Å². The minimum Gasteiger partial charge on any atom is -0.478 e. The van der Waals surface area contributed by atoms with Gasteiger partial charge in [-0.25, -0.2) is 9.79 Å². The molecule has 1 aromatic rings. The van der Waals surface area contributed by atoms with Crippen LogP contribution in [0.1, 0.15) is 22.0 Å². The summed E-state index contributed by atoms with van der Waals surface area (Å²) in [7, 11) is 3.52. The van der Waals surface area contributed by atoms with E-state index >= 15 is 0 Å². The number of rotatable bonds is 7. The summed E-state index contributed by atoms with van der Waals surface area (Å²) < 4.78 is 0. The first-order valence-electron chi connectivity index (χ1n) is 10.6. The van der Waals surface area contributed by atoms with E-state index in [-0.39, 0.29) is 29.3 Å². The van der Waals surface area contributed by atoms with E-state index in [0.717, 1.165) is 17.3 Å². The number of aliphatic imine (C=N–C) groups is 1. The average Bonchev–Trinajstić information content (AvgIpc) is 2.85. The van der Waals surface area contributed by atoms with Crippen molar-refractivity contribution >= 4 is 24.0 Å². The zero-order valence-corrected chi connectivity index (χ0v) is 19.2. The molecule has 0 bridgehead atoms. The van der Waals surface area contributed by atoms with Gasteiger partial charge in [0.1, 0.15) is 11.6 Å². The number of nitriles is 1. The number of likely N-dealkylation sites (N-methyl/N-ethyl adjacent to an activating group) is 1. The van der Waals surface area contributed by atoms with Gasteiger partial charge in [0.15, 0.2) is 6.29 Å². The van der Waals surface area contributed by atoms with Crippen LogP contribution >= 0.6 is 0 Å². The summed E-state index contributed by atoms with van der Waals surface area (Å²) in [5.41, 5.74) is 7.67. The summed E-state index contributed by atoms with van der Waals surface area (Å²) in [6, 6.07) is 8.40. The number of carbonyl (C=O) groups excluding carboxylic acids is 2. The number of benzene rings is 1. The standard InChI is InChI=1S/C24H25N7O4/c1-30-13-15(3-8-20(30)16-4-6-17(7-5-16)23(34)35)11-27-21(32)18(9-25)12-28-24-29-22(33)19(10-26)14-31(24)2/h3-9,12-14,20,24H,11,25H2,1-2H3,(H,27,32)(H,29,33)(H,34,35)/b18-9+,28-12+. The highest BCUT2D eigenvalue weighted by Gasteiger charge is 2.23. The van der Waals surface area contributed by atoms with Crippen molar-refractivity contribution in [2.75, 3.05) is 20.6 Å². The van der Waals surface area contributed by atoms with Crippen LogP contribution in [0.25, 0.3) is 0 Å². The number of nitrogens with two attached hydrogens (primary N) is 1. The largest absolute Gasteiger partial charge is 0.478 e. The summed E-state index contributed by atoms with van der Waals surface area (Å²) in [5, 5.41) is 23.3. The third-order valence-corrected chi connectivity index (χ3v) is 5.39. The predicted octanol–water partition coefficient (Wildman–Crippen LogP) is 0.594. The minimum atomic E-state index is -0.974. The third-order valence-electron chi connectivity index (χ3n) is 5.39. The van der Waals surface area contributed by atoms with E-state index in [2.05, 4.69) is 15.6 Å². The molecule has 2 aliphatic rings. The highest BCUT2D eigenvalue weighted by atomic mass is 16.4. The molecule has 3 rings (SSSR count). The zero-order chi connectivity index (χ0) is 25.5. The summed E-state index contributed by atoms with van der Waals surface area (Å²) in [5.74, 6) is -1.97. The van der Waals surface area contributed by atoms with Crippen LogP contribution in [0.5, 0.6) is 0 Å². The average molecular weight is 476 g/mol. The SMILES string of the molecule is CN1C=C(C#N)C(=O)NC1/N=C/C(=C\N)C(=O)NCC1=CN(C)C(c2ccc(C(=O)O)cc2)C=C1. The number of hydrogen-bond donors (Lipinski definition) is 4. The van der Waals surface area contributed by atoms with Gasteiger partial charge in [-0.05, 0) is 23.3 Å². The molecule has 1 aromatic carbocycles. The number of carboxylic acid groups (broad SMARTS) is 1. The molecule has 0 aromatic heterocycles. The van der Waals surface area contributed by atoms with Gasteiger partial charge in [0, 0.05) is 45.5 Å². The smallest absolute Gasteiger partial charge is 0.335 e. The van der Waals surface area contributed by atoms with Crippen molar-refractivity contribution in [3.63, 3.8) is 0 Å². The van der Waals surface area contributed by atoms with Gasteiger partial charge >= 0.3 is 5.97 Å². The number of carbonyl (C=O) groups is 3. The van der Waals surface area contributed by atoms with E-state index in [0.29, 0.717) is 0 Å². The van der Waals surface area contributed by atoms with Gasteiger partial charge in [-0.1, -0.05) is 24.3 Å². The van der Waals surface area contributed by atoms with Crippen molar-refractivity contribution in [2.24, 2.45) is 10.7 Å². The molecule has 0 radical (unpaired) electrons. The fourth-order valence-corrected chi connectivity index (χ4v) is 3.47. The van der Waals surface area contributed by atoms with Gasteiger partial charge < -0.3 is 31.3 Å². The van der Waals surface area contributed by atoms with Crippen LogP contribution in [0.3, 0.4) is 0 Å². The highest BCUT2D eigenvalue weighted by molar-refractivity contribution is 6.12. The van der Waals surface area contributed by atoms with Crippen LogP contribution in [0, 0.1) is 11.3 Å². The Kier molecular flexibility index (Phi) is 7.68. The second kappa shape index (κ2) is 10.8. The molecule has 2 aliphatic heterocycles. The van der Waals surface area contributed by atoms with E-state index < -0.39 is 24.1 Å². The van der Waals surface area contributed by atoms with Gasteiger partial charge in [0.25, 0.3) is 11.8 Å². The number of amides is 2. The number of hydrogen-bond acceptors (Lipinski definition) is 8. The topological polar surface area (TPSA) is 164 Å².